The van der Waals surface area contributed by atoms with Crippen LogP contribution in [0.4, 0.5) is 4.20 Å². The number of hydrogen-bond donors (Lipinski definition) is 0. The Morgan fingerprint density at radius 1 is 1.22 bits per heavy atom. The van der Waals surface area contributed by atoms with E-state index in [-0.39, 0.29) is 0 Å². The summed E-state index contributed by atoms with van der Waals surface area (Å²) in [5.74, 6) is 0. The summed E-state index contributed by atoms with van der Waals surface area (Å²) in [4.78, 5) is -2.26. The van der Waals surface area contributed by atoms with Gasteiger partial charge < -0.3 is 0 Å². The van der Waals surface area contributed by atoms with Gasteiger partial charge in [-0.25, -0.2) is 0 Å². The van der Waals surface area contributed by atoms with Crippen molar-refractivity contribution in [1.82, 2.24) is 0 Å². The van der Waals surface area contributed by atoms with Crippen LogP contribution in [0.25, 0.3) is 0 Å². The van der Waals surface area contributed by atoms with E-state index in [1.54, 1.807) is 0 Å². The predicted molar refractivity (Wildman–Crippen MR) is 52.4 cm³/mol. The van der Waals surface area contributed by atoms with Crippen LogP contribution in [-0.4, -0.2) is 6.66 Å². The van der Waals surface area contributed by atoms with Crippen molar-refractivity contribution in [2.45, 2.75) is 26.7 Å². The van der Waals surface area contributed by atoms with Crippen molar-refractivity contribution in [1.29, 1.82) is 0 Å². The van der Waals surface area contributed by atoms with Crippen LogP contribution in [-0.2, 0) is 0 Å². The third kappa shape index (κ3) is 92.8. The second-order valence-electron chi connectivity index (χ2n) is 1.70. The smallest absolute Gasteiger partial charge is 0.0654 e. The molecule has 0 aliphatic heterocycles. The molecule has 0 fully saturated rings. The number of halogens is 3. The van der Waals surface area contributed by atoms with Gasteiger partial charge in [0.25, 0.3) is 0 Å². The second-order valence-corrected chi connectivity index (χ2v) is 13.9. The van der Waals surface area contributed by atoms with Crippen LogP contribution in [0.15, 0.2) is 0 Å². The van der Waals surface area contributed by atoms with Crippen molar-refractivity contribution in [2.75, 3.05) is 6.66 Å². The molecule has 0 bridgehead atoms. The zero-order valence-corrected chi connectivity index (χ0v) is 10.1. The van der Waals surface area contributed by atoms with Crippen molar-refractivity contribution in [3.63, 3.8) is 0 Å². The molecule has 58 valence electrons. The molecule has 0 aliphatic rings. The highest BCUT2D eigenvalue weighted by Gasteiger charge is 2.23. The molecule has 0 atom stereocenters. The topological polar surface area (TPSA) is 0 Å². The van der Waals surface area contributed by atoms with Crippen molar-refractivity contribution in [2.24, 2.45) is 0 Å². The first-order valence-corrected chi connectivity index (χ1v) is 9.03. The zero-order valence-electron chi connectivity index (χ0n) is 6.00. The first-order chi connectivity index (χ1) is 3.91. The summed E-state index contributed by atoms with van der Waals surface area (Å²) in [6, 6.07) is 0. The third-order valence-electron chi connectivity index (χ3n) is 0.500. The van der Waals surface area contributed by atoms with Gasteiger partial charge >= 0.3 is 4.98 Å². The van der Waals surface area contributed by atoms with E-state index in [0.717, 1.165) is 0 Å². The predicted octanol–water partition coefficient (Wildman–Crippen LogP) is 4.94. The summed E-state index contributed by atoms with van der Waals surface area (Å²) in [5.41, 5.74) is 0. The van der Waals surface area contributed by atoms with Crippen LogP contribution in [0, 0.1) is 0 Å². The van der Waals surface area contributed by atoms with Crippen LogP contribution in [0.2, 0.25) is 0 Å². The Kier molecular flexibility index (Phi) is 10.7. The van der Waals surface area contributed by atoms with Gasteiger partial charge in [0, 0.05) is 0 Å². The fourth-order valence-corrected chi connectivity index (χ4v) is 0. The molecule has 0 amide bonds. The lowest BCUT2D eigenvalue weighted by molar-refractivity contribution is 0.886. The van der Waals surface area contributed by atoms with Crippen LogP contribution in [0.5, 0.6) is 0 Å². The minimum Gasteiger partial charge on any atom is -0.0654 e. The maximum absolute atomic E-state index is 11.6. The van der Waals surface area contributed by atoms with Crippen LogP contribution < -0.4 is 0 Å². The van der Waals surface area contributed by atoms with E-state index in [1.807, 2.05) is 0 Å². The molecule has 0 aromatic heterocycles. The SMILES string of the molecule is CCCC.C[P+](F)(Br)Br. The lowest BCUT2D eigenvalue weighted by atomic mass is 10.4. The average molecular weight is 283 g/mol. The zero-order chi connectivity index (χ0) is 7.91. The van der Waals surface area contributed by atoms with Crippen LogP contribution in [0.3, 0.4) is 0 Å². The van der Waals surface area contributed by atoms with Gasteiger partial charge in [-0.15, -0.1) is 0 Å². The average Bonchev–Trinajstić information content (AvgIpc) is 1.61. The monoisotopic (exact) mass is 281 g/mol. The molecule has 0 aromatic carbocycles. The molecule has 0 aliphatic carbocycles. The highest BCUT2D eigenvalue weighted by Crippen LogP contribution is 2.71. The van der Waals surface area contributed by atoms with E-state index in [0.29, 0.717) is 0 Å². The molecule has 0 radical (unpaired) electrons. The number of hydrogen-bond acceptors (Lipinski definition) is 0. The summed E-state index contributed by atoms with van der Waals surface area (Å²) < 4.78 is 11.6. The maximum Gasteiger partial charge on any atom is 0.334 e. The van der Waals surface area contributed by atoms with E-state index in [1.165, 1.54) is 19.5 Å². The summed E-state index contributed by atoms with van der Waals surface area (Å²) in [5, 5.41) is 0. The van der Waals surface area contributed by atoms with Gasteiger partial charge in [0.15, 0.2) is 31.0 Å². The molecular weight excluding hydrogens is 270 g/mol. The van der Waals surface area contributed by atoms with Crippen molar-refractivity contribution in [3.05, 3.63) is 0 Å². The summed E-state index contributed by atoms with van der Waals surface area (Å²) in [7, 11) is 0. The minimum atomic E-state index is -2.26. The normalized spacial score (nSPS) is 10.0. The fourth-order valence-electron chi connectivity index (χ4n) is 0. The Balaban J connectivity index is 0. The third-order valence-corrected chi connectivity index (χ3v) is 0.500. The Morgan fingerprint density at radius 2 is 1.33 bits per heavy atom. The van der Waals surface area contributed by atoms with Crippen LogP contribution in [0.1, 0.15) is 26.7 Å². The lowest BCUT2D eigenvalue weighted by Crippen LogP contribution is -1.47. The fraction of sp³-hybridized carbons (Fsp3) is 1.00. The highest BCUT2D eigenvalue weighted by atomic mass is 79.9. The molecule has 0 saturated carbocycles. The lowest BCUT2D eigenvalue weighted by Gasteiger charge is -1.78. The Hall–Kier alpha value is 1.32. The molecule has 0 spiro atoms. The van der Waals surface area contributed by atoms with Gasteiger partial charge in [0.2, 0.25) is 0 Å². The second kappa shape index (κ2) is 7.43. The Bertz CT molecular complexity index is 45.4. The van der Waals surface area contributed by atoms with Gasteiger partial charge in [0.05, 0.1) is 0 Å². The largest absolute Gasteiger partial charge is 0.334 e. The molecular formula is C5H13Br2FP+. The standard InChI is InChI=1S/C4H10.CH3Br2FP/c1-3-4-2;1-5(2,3)4/h3-4H2,1-2H3;1H3/q;+1. The first kappa shape index (κ1) is 12.9. The Morgan fingerprint density at radius 3 is 1.33 bits per heavy atom. The molecule has 0 aromatic rings. The van der Waals surface area contributed by atoms with E-state index < -0.39 is 4.98 Å². The van der Waals surface area contributed by atoms with E-state index in [4.69, 9.17) is 0 Å². The van der Waals surface area contributed by atoms with Gasteiger partial charge in [-0.2, -0.15) is 0 Å². The molecule has 9 heavy (non-hydrogen) atoms. The van der Waals surface area contributed by atoms with Gasteiger partial charge in [-0.05, 0) is 4.20 Å². The molecule has 0 N–H and O–H groups in total. The Labute approximate surface area is 73.5 Å². The molecule has 0 rings (SSSR count). The summed E-state index contributed by atoms with van der Waals surface area (Å²) >= 11 is 5.47. The number of rotatable bonds is 1. The molecule has 0 saturated heterocycles. The van der Waals surface area contributed by atoms with Gasteiger partial charge in [0.1, 0.15) is 6.66 Å². The first-order valence-electron chi connectivity index (χ1n) is 2.87. The van der Waals surface area contributed by atoms with Gasteiger partial charge in [-0.3, -0.25) is 0 Å². The molecule has 4 heteroatoms. The molecule has 0 unspecified atom stereocenters. The number of unbranched alkanes of at least 4 members (excludes halogenated alkanes) is 1. The molecule has 0 nitrogen and oxygen atoms in total. The molecule has 0 heterocycles. The van der Waals surface area contributed by atoms with Crippen molar-refractivity contribution in [3.8, 4) is 0 Å². The summed E-state index contributed by atoms with van der Waals surface area (Å²) in [6.45, 7) is 5.83. The van der Waals surface area contributed by atoms with Crippen molar-refractivity contribution >= 4 is 36.0 Å². The van der Waals surface area contributed by atoms with Crippen LogP contribution >= 0.6 is 36.0 Å². The van der Waals surface area contributed by atoms with E-state index >= 15 is 0 Å². The highest BCUT2D eigenvalue weighted by molar-refractivity contribution is 9.72. The van der Waals surface area contributed by atoms with Gasteiger partial charge in [-0.1, -0.05) is 26.7 Å². The maximum atomic E-state index is 11.6. The van der Waals surface area contributed by atoms with E-state index in [2.05, 4.69) is 44.8 Å². The quantitative estimate of drug-likeness (QED) is 0.597. The summed E-state index contributed by atoms with van der Waals surface area (Å²) in [6.07, 6.45) is 2.64. The van der Waals surface area contributed by atoms with E-state index in [9.17, 15) is 4.20 Å². The van der Waals surface area contributed by atoms with Crippen molar-refractivity contribution < 1.29 is 4.20 Å². The minimum absolute atomic E-state index is 1.32.